The quantitative estimate of drug-likeness (QED) is 0.857. The third kappa shape index (κ3) is 4.03. The Bertz CT molecular complexity index is 567. The average Bonchev–Trinajstić information content (AvgIpc) is 2.76. The van der Waals surface area contributed by atoms with E-state index in [4.69, 9.17) is 4.42 Å². The monoisotopic (exact) mass is 319 g/mol. The highest BCUT2D eigenvalue weighted by molar-refractivity contribution is 8.06. The van der Waals surface area contributed by atoms with Gasteiger partial charge in [-0.25, -0.2) is 4.21 Å². The number of rotatable bonds is 3. The van der Waals surface area contributed by atoms with Crippen molar-refractivity contribution in [3.05, 3.63) is 18.1 Å². The smallest absolute Gasteiger partial charge is 0.255 e. The summed E-state index contributed by atoms with van der Waals surface area (Å²) in [6.45, 7) is 1.73. The van der Waals surface area contributed by atoms with Gasteiger partial charge in [0.1, 0.15) is 5.76 Å². The third-order valence-electron chi connectivity index (χ3n) is 2.78. The Morgan fingerprint density at radius 3 is 2.95 bits per heavy atom. The second kappa shape index (κ2) is 6.37. The molecule has 106 valence electrons. The van der Waals surface area contributed by atoms with Gasteiger partial charge in [0, 0.05) is 35.2 Å². The van der Waals surface area contributed by atoms with Gasteiger partial charge in [-0.1, -0.05) is 0 Å². The molecule has 1 fully saturated rings. The summed E-state index contributed by atoms with van der Waals surface area (Å²) in [5.74, 6) is 3.48. The van der Waals surface area contributed by atoms with Gasteiger partial charge in [-0.05, 0) is 13.0 Å². The number of nitrogens with zero attached hydrogens (tertiary/aromatic N) is 1. The molecule has 1 saturated heterocycles. The lowest BCUT2D eigenvalue weighted by Crippen LogP contribution is -2.18. The molecule has 1 aliphatic heterocycles. The molecule has 2 heterocycles. The molecule has 0 N–H and O–H groups in total. The van der Waals surface area contributed by atoms with Gasteiger partial charge in [-0.2, -0.15) is 27.9 Å². The van der Waals surface area contributed by atoms with Crippen LogP contribution >= 0.6 is 23.5 Å². The van der Waals surface area contributed by atoms with E-state index in [9.17, 15) is 9.00 Å². The first-order valence-electron chi connectivity index (χ1n) is 5.97. The van der Waals surface area contributed by atoms with Gasteiger partial charge in [0.15, 0.2) is 0 Å². The maximum absolute atomic E-state index is 12.5. The average molecular weight is 319 g/mol. The van der Waals surface area contributed by atoms with Gasteiger partial charge in [-0.3, -0.25) is 4.79 Å². The Morgan fingerprint density at radius 1 is 1.58 bits per heavy atom. The minimum atomic E-state index is -2.68. The lowest BCUT2D eigenvalue weighted by atomic mass is 10.3. The predicted molar refractivity (Wildman–Crippen MR) is 81.4 cm³/mol. The first-order valence-corrected chi connectivity index (χ1v) is 10.1. The molecular formula is C12H17NO3S3. The minimum absolute atomic E-state index is 0.270. The van der Waals surface area contributed by atoms with Crippen molar-refractivity contribution in [2.75, 3.05) is 23.5 Å². The fraction of sp³-hybridized carbons (Fsp3) is 0.583. The molecule has 2 rings (SSSR count). The lowest BCUT2D eigenvalue weighted by molar-refractivity contribution is -0.117. The number of aryl methyl sites for hydroxylation is 1. The summed E-state index contributed by atoms with van der Waals surface area (Å²) in [7, 11) is -2.68. The molecule has 0 spiro atoms. The molecule has 1 aromatic rings. The van der Waals surface area contributed by atoms with Crippen LogP contribution in [0.2, 0.25) is 0 Å². The summed E-state index contributed by atoms with van der Waals surface area (Å²) < 4.78 is 21.5. The standard InChI is InChI=1S/C12H17NO3S3/c1-9-11(3-4-16-9)19(2,15)13-12(14)7-10-8-17-5-6-18-10/h3-4,10H,5-8H2,1-2H3. The highest BCUT2D eigenvalue weighted by Crippen LogP contribution is 2.27. The van der Waals surface area contributed by atoms with E-state index in [1.54, 1.807) is 24.8 Å². The molecule has 1 aromatic heterocycles. The van der Waals surface area contributed by atoms with E-state index in [1.165, 1.54) is 12.5 Å². The molecule has 0 saturated carbocycles. The number of hydrogen-bond donors (Lipinski definition) is 0. The van der Waals surface area contributed by atoms with E-state index >= 15 is 0 Å². The van der Waals surface area contributed by atoms with E-state index in [2.05, 4.69) is 4.36 Å². The van der Waals surface area contributed by atoms with Crippen molar-refractivity contribution < 1.29 is 13.4 Å². The van der Waals surface area contributed by atoms with Gasteiger partial charge >= 0.3 is 0 Å². The van der Waals surface area contributed by atoms with Crippen LogP contribution in [0.5, 0.6) is 0 Å². The maximum Gasteiger partial charge on any atom is 0.255 e. The van der Waals surface area contributed by atoms with Crippen molar-refractivity contribution in [1.82, 2.24) is 0 Å². The van der Waals surface area contributed by atoms with Crippen LogP contribution in [0, 0.1) is 6.92 Å². The van der Waals surface area contributed by atoms with Crippen LogP contribution in [0.3, 0.4) is 0 Å². The van der Waals surface area contributed by atoms with Crippen molar-refractivity contribution in [3.8, 4) is 0 Å². The molecule has 1 aliphatic rings. The molecule has 2 unspecified atom stereocenters. The number of carbonyl (C=O) groups excluding carboxylic acids is 1. The zero-order chi connectivity index (χ0) is 13.9. The van der Waals surface area contributed by atoms with E-state index in [0.717, 1.165) is 17.3 Å². The van der Waals surface area contributed by atoms with Crippen LogP contribution in [-0.4, -0.2) is 38.9 Å². The van der Waals surface area contributed by atoms with Crippen LogP contribution in [-0.2, 0) is 14.5 Å². The van der Waals surface area contributed by atoms with Crippen LogP contribution in [0.25, 0.3) is 0 Å². The SMILES string of the molecule is Cc1occc1S(C)(=O)=NC(=O)CC1CSCCS1. The van der Waals surface area contributed by atoms with Gasteiger partial charge in [0.2, 0.25) is 0 Å². The normalized spacial score (nSPS) is 22.7. The minimum Gasteiger partial charge on any atom is -0.468 e. The number of carbonyl (C=O) groups is 1. The van der Waals surface area contributed by atoms with Gasteiger partial charge < -0.3 is 4.42 Å². The predicted octanol–water partition coefficient (Wildman–Crippen LogP) is 2.81. The molecule has 0 aromatic carbocycles. The zero-order valence-electron chi connectivity index (χ0n) is 11.0. The van der Waals surface area contributed by atoms with Crippen molar-refractivity contribution >= 4 is 39.2 Å². The lowest BCUT2D eigenvalue weighted by Gasteiger charge is -2.19. The van der Waals surface area contributed by atoms with Crippen LogP contribution in [0.1, 0.15) is 12.2 Å². The summed E-state index contributed by atoms with van der Waals surface area (Å²) in [6, 6.07) is 1.62. The second-order valence-electron chi connectivity index (χ2n) is 4.40. The Kier molecular flexibility index (Phi) is 5.03. The number of amides is 1. The number of hydrogen-bond acceptors (Lipinski definition) is 5. The highest BCUT2D eigenvalue weighted by atomic mass is 32.2. The Labute approximate surface area is 122 Å². The highest BCUT2D eigenvalue weighted by Gasteiger charge is 2.20. The molecule has 4 nitrogen and oxygen atoms in total. The van der Waals surface area contributed by atoms with Crippen molar-refractivity contribution in [2.24, 2.45) is 4.36 Å². The summed E-state index contributed by atoms with van der Waals surface area (Å²) in [5.41, 5.74) is 0. The molecule has 2 atom stereocenters. The van der Waals surface area contributed by atoms with Crippen molar-refractivity contribution in [3.63, 3.8) is 0 Å². The van der Waals surface area contributed by atoms with Crippen LogP contribution < -0.4 is 0 Å². The molecule has 1 amide bonds. The Hall–Kier alpha value is -0.400. The van der Waals surface area contributed by atoms with E-state index in [0.29, 0.717) is 22.3 Å². The van der Waals surface area contributed by atoms with Crippen molar-refractivity contribution in [1.29, 1.82) is 0 Å². The molecule has 7 heteroatoms. The first kappa shape index (κ1) is 15.0. The number of furan rings is 1. The van der Waals surface area contributed by atoms with Gasteiger partial charge in [-0.15, -0.1) is 0 Å². The number of thioether (sulfide) groups is 2. The summed E-state index contributed by atoms with van der Waals surface area (Å²) in [6.07, 6.45) is 3.34. The fourth-order valence-corrected chi connectivity index (χ4v) is 6.02. The maximum atomic E-state index is 12.5. The molecular weight excluding hydrogens is 302 g/mol. The van der Waals surface area contributed by atoms with E-state index in [1.807, 2.05) is 11.8 Å². The third-order valence-corrected chi connectivity index (χ3v) is 7.42. The topological polar surface area (TPSA) is 59.6 Å². The molecule has 0 aliphatic carbocycles. The Balaban J connectivity index is 2.09. The fourth-order valence-electron chi connectivity index (χ4n) is 1.90. The summed E-state index contributed by atoms with van der Waals surface area (Å²) >= 11 is 3.67. The largest absolute Gasteiger partial charge is 0.468 e. The summed E-state index contributed by atoms with van der Waals surface area (Å²) in [4.78, 5) is 12.5. The van der Waals surface area contributed by atoms with Gasteiger partial charge in [0.05, 0.1) is 20.9 Å². The Morgan fingerprint density at radius 2 is 2.37 bits per heavy atom. The molecule has 19 heavy (non-hydrogen) atoms. The van der Waals surface area contributed by atoms with E-state index < -0.39 is 9.73 Å². The van der Waals surface area contributed by atoms with E-state index in [-0.39, 0.29) is 5.91 Å². The molecule has 0 bridgehead atoms. The molecule has 0 radical (unpaired) electrons. The van der Waals surface area contributed by atoms with Crippen LogP contribution in [0.4, 0.5) is 0 Å². The summed E-state index contributed by atoms with van der Waals surface area (Å²) in [5, 5.41) is 0.302. The van der Waals surface area contributed by atoms with Gasteiger partial charge in [0.25, 0.3) is 5.91 Å². The van der Waals surface area contributed by atoms with Crippen LogP contribution in [0.15, 0.2) is 26.0 Å². The van der Waals surface area contributed by atoms with Crippen molar-refractivity contribution in [2.45, 2.75) is 23.5 Å². The zero-order valence-corrected chi connectivity index (χ0v) is 13.4. The first-order chi connectivity index (χ1) is 8.99. The second-order valence-corrected chi connectivity index (χ2v) is 9.19.